The maximum atomic E-state index is 12.0. The summed E-state index contributed by atoms with van der Waals surface area (Å²) >= 11 is 1.89. The fourth-order valence-corrected chi connectivity index (χ4v) is 1.74. The average Bonchev–Trinajstić information content (AvgIpc) is 2.12. The highest BCUT2D eigenvalue weighted by Gasteiger charge is 2.31. The van der Waals surface area contributed by atoms with Crippen molar-refractivity contribution >= 4 is 22.6 Å². The molecule has 0 aliphatic heterocycles. The number of hydrogen-bond acceptors (Lipinski definition) is 2. The summed E-state index contributed by atoms with van der Waals surface area (Å²) in [6.45, 7) is 1.44. The van der Waals surface area contributed by atoms with Gasteiger partial charge in [0, 0.05) is 9.49 Å². The molecule has 1 aromatic rings. The van der Waals surface area contributed by atoms with E-state index in [2.05, 4.69) is 4.74 Å². The topological polar surface area (TPSA) is 29.5 Å². The van der Waals surface area contributed by atoms with E-state index in [-0.39, 0.29) is 12.4 Å². The average molecular weight is 345 g/mol. The highest BCUT2D eigenvalue weighted by atomic mass is 127. The molecule has 0 saturated carbocycles. The number of alkyl halides is 3. The lowest BCUT2D eigenvalue weighted by atomic mass is 10.0. The number of benzene rings is 1. The minimum Gasteiger partial charge on any atom is -0.406 e. The van der Waals surface area contributed by atoms with Crippen LogP contribution in [0, 0.1) is 9.49 Å². The first kappa shape index (κ1) is 13.6. The van der Waals surface area contributed by atoms with E-state index in [0.717, 1.165) is 0 Å². The number of hydrogen-bond donors (Lipinski definition) is 1. The maximum absolute atomic E-state index is 12.0. The summed E-state index contributed by atoms with van der Waals surface area (Å²) in [6, 6.07) is 4.21. The molecule has 0 fully saturated rings. The van der Waals surface area contributed by atoms with Crippen LogP contribution in [0.4, 0.5) is 13.2 Å². The number of aliphatic hydroxyl groups excluding tert-OH is 1. The van der Waals surface area contributed by atoms with Crippen LogP contribution in [-0.4, -0.2) is 18.1 Å². The van der Waals surface area contributed by atoms with Crippen LogP contribution < -0.4 is 4.74 Å². The fraction of sp³-hybridized carbons (Fsp3) is 0.300. The van der Waals surface area contributed by atoms with Gasteiger partial charge in [0.25, 0.3) is 0 Å². The monoisotopic (exact) mass is 345 g/mol. The molecular weight excluding hydrogens is 336 g/mol. The number of ether oxygens (including phenoxy) is 1. The van der Waals surface area contributed by atoms with E-state index >= 15 is 0 Å². The van der Waals surface area contributed by atoms with Crippen LogP contribution in [0.3, 0.4) is 0 Å². The van der Waals surface area contributed by atoms with Crippen molar-refractivity contribution in [3.05, 3.63) is 33.3 Å². The Bertz CT molecular complexity index is 366. The van der Waals surface area contributed by atoms with Crippen LogP contribution in [0.5, 0.6) is 5.75 Å². The number of rotatable bonds is 3. The first-order chi connectivity index (χ1) is 7.31. The predicted octanol–water partition coefficient (Wildman–Crippen LogP) is 3.12. The first-order valence-corrected chi connectivity index (χ1v) is 5.39. The summed E-state index contributed by atoms with van der Waals surface area (Å²) in [7, 11) is 0. The van der Waals surface area contributed by atoms with Crippen molar-refractivity contribution in [1.29, 1.82) is 0 Å². The van der Waals surface area contributed by atoms with Gasteiger partial charge in [0.05, 0.1) is 6.61 Å². The van der Waals surface area contributed by atoms with E-state index in [4.69, 9.17) is 5.11 Å². The molecule has 0 saturated heterocycles. The minimum absolute atomic E-state index is 0.203. The van der Waals surface area contributed by atoms with Crippen LogP contribution in [0.15, 0.2) is 18.2 Å². The Labute approximate surface area is 105 Å². The number of halogens is 4. The molecular formula is C10H9F3IO2. The van der Waals surface area contributed by atoms with Gasteiger partial charge in [0.15, 0.2) is 0 Å². The van der Waals surface area contributed by atoms with E-state index in [1.54, 1.807) is 13.0 Å². The van der Waals surface area contributed by atoms with Crippen molar-refractivity contribution in [2.75, 3.05) is 6.61 Å². The second kappa shape index (κ2) is 5.22. The molecule has 16 heavy (non-hydrogen) atoms. The van der Waals surface area contributed by atoms with Crippen molar-refractivity contribution in [3.63, 3.8) is 0 Å². The molecule has 1 radical (unpaired) electrons. The van der Waals surface area contributed by atoms with E-state index in [0.29, 0.717) is 15.1 Å². The van der Waals surface area contributed by atoms with E-state index in [1.807, 2.05) is 22.6 Å². The lowest BCUT2D eigenvalue weighted by Gasteiger charge is -2.13. The van der Waals surface area contributed by atoms with Crippen LogP contribution in [-0.2, 0) is 0 Å². The zero-order valence-corrected chi connectivity index (χ0v) is 10.5. The fourth-order valence-electron chi connectivity index (χ4n) is 1.09. The highest BCUT2D eigenvalue weighted by molar-refractivity contribution is 14.1. The summed E-state index contributed by atoms with van der Waals surface area (Å²) in [5.74, 6) is 0.313. The quantitative estimate of drug-likeness (QED) is 0.853. The largest absolute Gasteiger partial charge is 0.573 e. The Morgan fingerprint density at radius 1 is 1.38 bits per heavy atom. The molecule has 1 N–H and O–H groups in total. The molecule has 0 spiro atoms. The van der Waals surface area contributed by atoms with Gasteiger partial charge >= 0.3 is 6.36 Å². The van der Waals surface area contributed by atoms with Crippen LogP contribution in [0.25, 0.3) is 0 Å². The standard InChI is InChI=1S/C10H9F3IO2/c1-6(5-15)7-2-8(14)4-9(3-7)16-10(11,12)13/h2-4,15H,5H2,1H3. The molecule has 1 rings (SSSR count). The molecule has 0 bridgehead atoms. The second-order valence-corrected chi connectivity index (χ2v) is 4.41. The molecule has 0 aliphatic rings. The van der Waals surface area contributed by atoms with Crippen LogP contribution in [0.1, 0.15) is 12.5 Å². The zero-order chi connectivity index (χ0) is 12.3. The van der Waals surface area contributed by atoms with Crippen molar-refractivity contribution in [1.82, 2.24) is 0 Å². The van der Waals surface area contributed by atoms with E-state index in [9.17, 15) is 13.2 Å². The summed E-state index contributed by atoms with van der Waals surface area (Å²) < 4.78 is 40.5. The van der Waals surface area contributed by atoms with Gasteiger partial charge in [0.2, 0.25) is 0 Å². The van der Waals surface area contributed by atoms with Gasteiger partial charge in [-0.05, 0) is 46.4 Å². The normalized spacial score (nSPS) is 11.9. The van der Waals surface area contributed by atoms with Gasteiger partial charge < -0.3 is 9.84 Å². The first-order valence-electron chi connectivity index (χ1n) is 4.32. The molecule has 0 aromatic heterocycles. The van der Waals surface area contributed by atoms with E-state index in [1.165, 1.54) is 12.1 Å². The predicted molar refractivity (Wildman–Crippen MR) is 60.9 cm³/mol. The van der Waals surface area contributed by atoms with Crippen LogP contribution in [0.2, 0.25) is 0 Å². The molecule has 0 amide bonds. The molecule has 1 aromatic carbocycles. The third-order valence-corrected chi connectivity index (χ3v) is 2.46. The summed E-state index contributed by atoms with van der Waals surface area (Å²) in [4.78, 5) is 0. The molecule has 0 heterocycles. The molecule has 0 unspecified atom stereocenters. The van der Waals surface area contributed by atoms with Gasteiger partial charge in [0.1, 0.15) is 5.75 Å². The van der Waals surface area contributed by atoms with Crippen molar-refractivity contribution in [3.8, 4) is 5.75 Å². The number of aliphatic hydroxyl groups is 1. The van der Waals surface area contributed by atoms with Crippen molar-refractivity contribution < 1.29 is 23.0 Å². The summed E-state index contributed by atoms with van der Waals surface area (Å²) in [5.41, 5.74) is 0.536. The van der Waals surface area contributed by atoms with E-state index < -0.39 is 6.36 Å². The Balaban J connectivity index is 2.99. The summed E-state index contributed by atoms with van der Waals surface area (Å²) in [5, 5.41) is 8.90. The third kappa shape index (κ3) is 4.17. The van der Waals surface area contributed by atoms with Gasteiger partial charge in [-0.3, -0.25) is 0 Å². The Morgan fingerprint density at radius 2 is 2.00 bits per heavy atom. The Kier molecular flexibility index (Phi) is 4.43. The molecule has 0 atom stereocenters. The van der Waals surface area contributed by atoms with Gasteiger partial charge in [-0.25, -0.2) is 0 Å². The minimum atomic E-state index is -4.70. The smallest absolute Gasteiger partial charge is 0.406 e. The lowest BCUT2D eigenvalue weighted by Crippen LogP contribution is -2.17. The molecule has 6 heteroatoms. The Hall–Kier alpha value is -0.500. The SMILES string of the molecule is C[C](CO)c1cc(I)cc(OC(F)(F)F)c1. The van der Waals surface area contributed by atoms with Crippen LogP contribution >= 0.6 is 22.6 Å². The maximum Gasteiger partial charge on any atom is 0.573 e. The molecule has 89 valence electrons. The highest BCUT2D eigenvalue weighted by Crippen LogP contribution is 2.28. The summed E-state index contributed by atoms with van der Waals surface area (Å²) in [6.07, 6.45) is -4.70. The zero-order valence-electron chi connectivity index (χ0n) is 8.31. The molecule has 2 nitrogen and oxygen atoms in total. The molecule has 0 aliphatic carbocycles. The van der Waals surface area contributed by atoms with Crippen molar-refractivity contribution in [2.24, 2.45) is 0 Å². The van der Waals surface area contributed by atoms with Crippen molar-refractivity contribution in [2.45, 2.75) is 13.3 Å². The van der Waals surface area contributed by atoms with Gasteiger partial charge in [-0.1, -0.05) is 6.92 Å². The second-order valence-electron chi connectivity index (χ2n) is 3.16. The van der Waals surface area contributed by atoms with Gasteiger partial charge in [-0.15, -0.1) is 13.2 Å². The Morgan fingerprint density at radius 3 is 2.50 bits per heavy atom. The van der Waals surface area contributed by atoms with Gasteiger partial charge in [-0.2, -0.15) is 0 Å². The lowest BCUT2D eigenvalue weighted by molar-refractivity contribution is -0.274. The third-order valence-electron chi connectivity index (χ3n) is 1.83.